The van der Waals surface area contributed by atoms with Crippen LogP contribution in [0, 0.1) is 0 Å². The summed E-state index contributed by atoms with van der Waals surface area (Å²) in [6.07, 6.45) is 2.43. The summed E-state index contributed by atoms with van der Waals surface area (Å²) in [5, 5.41) is 0. The van der Waals surface area contributed by atoms with Gasteiger partial charge in [0.25, 0.3) is 0 Å². The van der Waals surface area contributed by atoms with E-state index in [0.29, 0.717) is 19.1 Å². The summed E-state index contributed by atoms with van der Waals surface area (Å²) in [6.45, 7) is 9.53. The summed E-state index contributed by atoms with van der Waals surface area (Å²) in [7, 11) is 0. The molecule has 0 saturated carbocycles. The van der Waals surface area contributed by atoms with E-state index in [-0.39, 0.29) is 5.78 Å². The first kappa shape index (κ1) is 15.0. The Morgan fingerprint density at radius 1 is 1.30 bits per heavy atom. The van der Waals surface area contributed by atoms with Crippen molar-refractivity contribution in [3.05, 3.63) is 29.3 Å². The molecule has 3 nitrogen and oxygen atoms in total. The van der Waals surface area contributed by atoms with Crippen LogP contribution in [0.2, 0.25) is 0 Å². The molecule has 1 aromatic rings. The van der Waals surface area contributed by atoms with Crippen LogP contribution in [-0.4, -0.2) is 36.9 Å². The number of nitrogens with zero attached hydrogens (tertiary/aromatic N) is 1. The second-order valence-electron chi connectivity index (χ2n) is 5.74. The van der Waals surface area contributed by atoms with E-state index < -0.39 is 0 Å². The quantitative estimate of drug-likeness (QED) is 0.744. The summed E-state index contributed by atoms with van der Waals surface area (Å²) in [5.41, 5.74) is 1.95. The van der Waals surface area contributed by atoms with Crippen LogP contribution in [0.25, 0.3) is 0 Å². The van der Waals surface area contributed by atoms with Gasteiger partial charge in [0.1, 0.15) is 5.75 Å². The lowest BCUT2D eigenvalue weighted by atomic mass is 9.94. The summed E-state index contributed by atoms with van der Waals surface area (Å²) in [6, 6.07) is 5.86. The van der Waals surface area contributed by atoms with Gasteiger partial charge < -0.3 is 4.74 Å². The van der Waals surface area contributed by atoms with Crippen molar-refractivity contribution in [3.8, 4) is 5.75 Å². The molecule has 0 N–H and O–H groups in total. The molecule has 0 unspecified atom stereocenters. The first-order chi connectivity index (χ1) is 9.61. The highest BCUT2D eigenvalue weighted by Crippen LogP contribution is 2.25. The number of hydrogen-bond donors (Lipinski definition) is 0. The number of benzene rings is 1. The van der Waals surface area contributed by atoms with Crippen LogP contribution in [0.1, 0.15) is 55.5 Å². The zero-order valence-electron chi connectivity index (χ0n) is 12.8. The molecule has 0 aromatic heterocycles. The Labute approximate surface area is 121 Å². The molecule has 0 aliphatic carbocycles. The Balaban J connectivity index is 2.18. The minimum Gasteiger partial charge on any atom is -0.494 e. The Morgan fingerprint density at radius 3 is 2.60 bits per heavy atom. The van der Waals surface area contributed by atoms with Crippen molar-refractivity contribution in [2.75, 3.05) is 26.2 Å². The number of hydrogen-bond acceptors (Lipinski definition) is 3. The fraction of sp³-hybridized carbons (Fsp3) is 0.588. The smallest absolute Gasteiger partial charge is 0.177 e. The summed E-state index contributed by atoms with van der Waals surface area (Å²) in [4.78, 5) is 14.8. The van der Waals surface area contributed by atoms with Gasteiger partial charge >= 0.3 is 0 Å². The number of ether oxygens (including phenoxy) is 1. The van der Waals surface area contributed by atoms with E-state index in [1.54, 1.807) is 0 Å². The molecule has 0 spiro atoms. The number of rotatable bonds is 6. The molecule has 1 heterocycles. The first-order valence-electron chi connectivity index (χ1n) is 7.64. The maximum Gasteiger partial charge on any atom is 0.177 e. The van der Waals surface area contributed by atoms with Crippen LogP contribution in [-0.2, 0) is 0 Å². The first-order valence-corrected chi connectivity index (χ1v) is 7.64. The molecule has 0 radical (unpaired) electrons. The van der Waals surface area contributed by atoms with Crippen LogP contribution in [0.3, 0.4) is 0 Å². The van der Waals surface area contributed by atoms with Gasteiger partial charge in [-0.2, -0.15) is 0 Å². The van der Waals surface area contributed by atoms with E-state index in [4.69, 9.17) is 4.74 Å². The normalized spacial score (nSPS) is 15.8. The minimum atomic E-state index is 0.235. The Kier molecular flexibility index (Phi) is 5.18. The molecule has 110 valence electrons. The zero-order valence-corrected chi connectivity index (χ0v) is 12.8. The summed E-state index contributed by atoms with van der Waals surface area (Å²) >= 11 is 0. The monoisotopic (exact) mass is 275 g/mol. The third-order valence-electron chi connectivity index (χ3n) is 3.82. The molecule has 0 atom stereocenters. The van der Waals surface area contributed by atoms with E-state index in [0.717, 1.165) is 30.0 Å². The highest BCUT2D eigenvalue weighted by atomic mass is 16.5. The third kappa shape index (κ3) is 3.60. The van der Waals surface area contributed by atoms with Crippen LogP contribution in [0.4, 0.5) is 0 Å². The van der Waals surface area contributed by atoms with E-state index in [1.807, 2.05) is 25.1 Å². The van der Waals surface area contributed by atoms with Gasteiger partial charge in [0.05, 0.1) is 13.2 Å². The van der Waals surface area contributed by atoms with Gasteiger partial charge in [0.2, 0.25) is 0 Å². The number of likely N-dealkylation sites (tertiary alicyclic amines) is 1. The van der Waals surface area contributed by atoms with Crippen molar-refractivity contribution in [2.24, 2.45) is 0 Å². The highest BCUT2D eigenvalue weighted by molar-refractivity contribution is 5.99. The number of carbonyl (C=O) groups excluding carboxylic acids is 1. The van der Waals surface area contributed by atoms with Gasteiger partial charge in [-0.1, -0.05) is 13.8 Å². The van der Waals surface area contributed by atoms with Gasteiger partial charge in [-0.15, -0.1) is 0 Å². The molecule has 0 bridgehead atoms. The van der Waals surface area contributed by atoms with E-state index in [1.165, 1.54) is 12.8 Å². The molecular weight excluding hydrogens is 250 g/mol. The van der Waals surface area contributed by atoms with Gasteiger partial charge in [0.15, 0.2) is 5.78 Å². The predicted molar refractivity (Wildman–Crippen MR) is 81.7 cm³/mol. The van der Waals surface area contributed by atoms with E-state index in [9.17, 15) is 4.79 Å². The highest BCUT2D eigenvalue weighted by Gasteiger charge is 2.19. The second-order valence-corrected chi connectivity index (χ2v) is 5.74. The van der Waals surface area contributed by atoms with Gasteiger partial charge in [0, 0.05) is 5.56 Å². The van der Waals surface area contributed by atoms with Crippen LogP contribution < -0.4 is 4.74 Å². The fourth-order valence-corrected chi connectivity index (χ4v) is 2.76. The Hall–Kier alpha value is -1.35. The molecule has 20 heavy (non-hydrogen) atoms. The Bertz CT molecular complexity index is 462. The lowest BCUT2D eigenvalue weighted by Gasteiger charge is -2.17. The minimum absolute atomic E-state index is 0.235. The van der Waals surface area contributed by atoms with Crippen LogP contribution >= 0.6 is 0 Å². The van der Waals surface area contributed by atoms with E-state index in [2.05, 4.69) is 18.7 Å². The molecule has 1 saturated heterocycles. The molecule has 1 fully saturated rings. The SMILES string of the molecule is CCOc1ccc(C(=O)CN2CCCC2)c(C(C)C)c1. The molecule has 0 amide bonds. The van der Waals surface area contributed by atoms with E-state index >= 15 is 0 Å². The van der Waals surface area contributed by atoms with Gasteiger partial charge in [-0.25, -0.2) is 0 Å². The Morgan fingerprint density at radius 2 is 2.00 bits per heavy atom. The third-order valence-corrected chi connectivity index (χ3v) is 3.82. The standard InChI is InChI=1S/C17H25NO2/c1-4-20-14-7-8-15(16(11-14)13(2)3)17(19)12-18-9-5-6-10-18/h7-8,11,13H,4-6,9-10,12H2,1-3H3. The molecule has 1 aliphatic heterocycles. The van der Waals surface area contributed by atoms with Crippen LogP contribution in [0.15, 0.2) is 18.2 Å². The van der Waals surface area contributed by atoms with Crippen molar-refractivity contribution in [3.63, 3.8) is 0 Å². The topological polar surface area (TPSA) is 29.5 Å². The van der Waals surface area contributed by atoms with Crippen molar-refractivity contribution in [1.29, 1.82) is 0 Å². The molecular formula is C17H25NO2. The lowest BCUT2D eigenvalue weighted by Crippen LogP contribution is -2.27. The zero-order chi connectivity index (χ0) is 14.5. The van der Waals surface area contributed by atoms with Crippen molar-refractivity contribution >= 4 is 5.78 Å². The fourth-order valence-electron chi connectivity index (χ4n) is 2.76. The van der Waals surface area contributed by atoms with Gasteiger partial charge in [-0.05, 0) is 62.5 Å². The average molecular weight is 275 g/mol. The molecule has 1 aliphatic rings. The maximum absolute atomic E-state index is 12.5. The maximum atomic E-state index is 12.5. The van der Waals surface area contributed by atoms with Crippen molar-refractivity contribution in [2.45, 2.75) is 39.5 Å². The number of Topliss-reactive ketones (excluding diaryl/α,β-unsaturated/α-hetero) is 1. The van der Waals surface area contributed by atoms with Gasteiger partial charge in [-0.3, -0.25) is 9.69 Å². The molecule has 1 aromatic carbocycles. The average Bonchev–Trinajstić information content (AvgIpc) is 2.91. The van der Waals surface area contributed by atoms with Crippen molar-refractivity contribution in [1.82, 2.24) is 4.90 Å². The van der Waals surface area contributed by atoms with Crippen LogP contribution in [0.5, 0.6) is 5.75 Å². The largest absolute Gasteiger partial charge is 0.494 e. The summed E-state index contributed by atoms with van der Waals surface area (Å²) < 4.78 is 5.54. The predicted octanol–water partition coefficient (Wildman–Crippen LogP) is 3.49. The number of carbonyl (C=O) groups is 1. The lowest BCUT2D eigenvalue weighted by molar-refractivity contribution is 0.0944. The second kappa shape index (κ2) is 6.89. The summed E-state index contributed by atoms with van der Waals surface area (Å²) in [5.74, 6) is 1.42. The molecule has 2 rings (SSSR count). The number of ketones is 1. The molecule has 3 heteroatoms. The van der Waals surface area contributed by atoms with Crippen molar-refractivity contribution < 1.29 is 9.53 Å².